The zero-order chi connectivity index (χ0) is 35.4. The minimum atomic E-state index is -0.922. The molecule has 5 N–H and O–H groups in total. The Morgan fingerprint density at radius 1 is 0.980 bits per heavy atom. The first-order chi connectivity index (χ1) is 24.8. The van der Waals surface area contributed by atoms with E-state index in [1.54, 1.807) is 12.1 Å². The Morgan fingerprint density at radius 2 is 1.80 bits per heavy atom. The van der Waals surface area contributed by atoms with Crippen LogP contribution < -0.4 is 16.2 Å². The Morgan fingerprint density at radius 3 is 2.63 bits per heavy atom. The summed E-state index contributed by atoms with van der Waals surface area (Å²) < 4.78 is 6.32. The number of hydrogen-bond acceptors (Lipinski definition) is 8. The van der Waals surface area contributed by atoms with Gasteiger partial charge in [-0.2, -0.15) is 0 Å². The van der Waals surface area contributed by atoms with Gasteiger partial charge in [0.25, 0.3) is 5.91 Å². The number of aliphatic hydroxyl groups excluding tert-OH is 1. The number of ether oxygens (including phenoxy) is 1. The van der Waals surface area contributed by atoms with E-state index in [1.165, 1.54) is 17.7 Å². The van der Waals surface area contributed by atoms with Crippen LogP contribution in [0.4, 0.5) is 0 Å². The third kappa shape index (κ3) is 7.59. The number of aromatic amines is 1. The molecule has 3 aliphatic heterocycles. The predicted molar refractivity (Wildman–Crippen MR) is 195 cm³/mol. The number of amides is 1. The number of aromatic nitrogens is 1. The maximum atomic E-state index is 14.1. The number of aliphatic hydroxyl groups is 1. The zero-order valence-electron chi connectivity index (χ0n) is 29.0. The van der Waals surface area contributed by atoms with Crippen LogP contribution in [-0.2, 0) is 28.0 Å². The lowest BCUT2D eigenvalue weighted by Crippen LogP contribution is -2.55. The molecule has 268 valence electrons. The smallest absolute Gasteiger partial charge is 0.331 e. The van der Waals surface area contributed by atoms with Crippen LogP contribution in [-0.4, -0.2) is 64.3 Å². The van der Waals surface area contributed by atoms with Gasteiger partial charge >= 0.3 is 5.97 Å². The van der Waals surface area contributed by atoms with E-state index < -0.39 is 11.6 Å². The summed E-state index contributed by atoms with van der Waals surface area (Å²) in [7, 11) is 0. The number of H-pyrrole nitrogens is 1. The first-order valence-electron chi connectivity index (χ1n) is 18.5. The zero-order valence-corrected chi connectivity index (χ0v) is 29.0. The van der Waals surface area contributed by atoms with E-state index in [2.05, 4.69) is 26.6 Å². The minimum absolute atomic E-state index is 0.0237. The van der Waals surface area contributed by atoms with Gasteiger partial charge in [0.05, 0.1) is 11.6 Å². The standard InChI is InChI=1S/C41H48N4O6/c46-34(31-13-15-35(47)38-32(31)14-16-37(48)44-38)12-3-1-2-6-21-42-39(49)30-10-7-8-27(24-30)25-43-41(20-17-28-9-4-5-11-33(28)41)40(50)51-36-26-45-22-18-29(36)19-23-45/h4-5,7-11,13-16,24,29,34,36,43,46-47H,1-3,6,12,17-23,25-26H2,(H,42,49)(H,44,48)/t34-,36-,41?/m0/s1. The molecule has 10 nitrogen and oxygen atoms in total. The molecule has 1 unspecified atom stereocenters. The monoisotopic (exact) mass is 692 g/mol. The number of hydrogen-bond donors (Lipinski definition) is 5. The van der Waals surface area contributed by atoms with Crippen molar-refractivity contribution in [2.24, 2.45) is 5.92 Å². The number of piperidine rings is 3. The lowest BCUT2D eigenvalue weighted by atomic mass is 9.85. The van der Waals surface area contributed by atoms with Crippen LogP contribution in [0, 0.1) is 5.92 Å². The number of pyridine rings is 1. The van der Waals surface area contributed by atoms with Crippen molar-refractivity contribution in [1.29, 1.82) is 0 Å². The van der Waals surface area contributed by atoms with Gasteiger partial charge in [0.2, 0.25) is 5.56 Å². The van der Waals surface area contributed by atoms with Crippen molar-refractivity contribution in [3.63, 3.8) is 0 Å². The lowest BCUT2D eigenvalue weighted by molar-refractivity contribution is -0.167. The maximum absolute atomic E-state index is 14.1. The average Bonchev–Trinajstić information content (AvgIpc) is 3.54. The molecule has 1 aliphatic carbocycles. The van der Waals surface area contributed by atoms with Crippen molar-refractivity contribution in [3.8, 4) is 5.75 Å². The highest BCUT2D eigenvalue weighted by atomic mass is 16.5. The number of phenolic OH excluding ortho intramolecular Hbond substituents is 1. The summed E-state index contributed by atoms with van der Waals surface area (Å²) in [6.07, 6.45) is 6.80. The van der Waals surface area contributed by atoms with Gasteiger partial charge in [-0.1, -0.05) is 61.7 Å². The number of phenols is 1. The number of unbranched alkanes of at least 4 members (excludes halogenated alkanes) is 3. The lowest BCUT2D eigenvalue weighted by Gasteiger charge is -2.45. The molecule has 8 rings (SSSR count). The third-order valence-electron chi connectivity index (χ3n) is 11.2. The van der Waals surface area contributed by atoms with E-state index in [0.717, 1.165) is 75.7 Å². The molecule has 2 bridgehead atoms. The second-order valence-electron chi connectivity index (χ2n) is 14.5. The maximum Gasteiger partial charge on any atom is 0.331 e. The van der Waals surface area contributed by atoms with E-state index in [-0.39, 0.29) is 29.3 Å². The molecule has 1 aromatic heterocycles. The first-order valence-corrected chi connectivity index (χ1v) is 18.5. The topological polar surface area (TPSA) is 144 Å². The van der Waals surface area contributed by atoms with Gasteiger partial charge < -0.3 is 25.3 Å². The molecule has 0 radical (unpaired) electrons. The van der Waals surface area contributed by atoms with Gasteiger partial charge in [0.1, 0.15) is 17.4 Å². The van der Waals surface area contributed by atoms with Crippen LogP contribution in [0.2, 0.25) is 0 Å². The van der Waals surface area contributed by atoms with E-state index in [4.69, 9.17) is 4.74 Å². The second-order valence-corrected chi connectivity index (χ2v) is 14.5. The van der Waals surface area contributed by atoms with Gasteiger partial charge in [-0.05, 0) is 104 Å². The SMILES string of the molecule is O=C(NCCCCCC[C@H](O)c1ccc(O)c2[nH]c(=O)ccc12)c1cccc(CNC2(C(=O)O[C@H]3CN4CCC3CC4)CCc3ccccc32)c1. The molecule has 3 saturated heterocycles. The van der Waals surface area contributed by atoms with Crippen molar-refractivity contribution < 1.29 is 24.5 Å². The molecule has 4 aliphatic rings. The number of benzene rings is 3. The third-order valence-corrected chi connectivity index (χ3v) is 11.2. The molecular weight excluding hydrogens is 644 g/mol. The van der Waals surface area contributed by atoms with Gasteiger partial charge in [-0.3, -0.25) is 19.8 Å². The summed E-state index contributed by atoms with van der Waals surface area (Å²) in [6, 6.07) is 21.9. The fourth-order valence-electron chi connectivity index (χ4n) is 8.26. The van der Waals surface area contributed by atoms with Crippen molar-refractivity contribution in [2.45, 2.75) is 82.1 Å². The highest BCUT2D eigenvalue weighted by Crippen LogP contribution is 2.40. The number of rotatable bonds is 14. The van der Waals surface area contributed by atoms with Gasteiger partial charge in [-0.25, -0.2) is 4.79 Å². The molecule has 0 saturated carbocycles. The molecule has 10 heteroatoms. The van der Waals surface area contributed by atoms with Crippen LogP contribution in [0.25, 0.3) is 10.9 Å². The summed E-state index contributed by atoms with van der Waals surface area (Å²) >= 11 is 0. The Labute approximate surface area is 298 Å². The van der Waals surface area contributed by atoms with Crippen LogP contribution in [0.3, 0.4) is 0 Å². The highest BCUT2D eigenvalue weighted by Gasteiger charge is 2.48. The Bertz CT molecular complexity index is 1940. The van der Waals surface area contributed by atoms with Crippen LogP contribution >= 0.6 is 0 Å². The molecular formula is C41H48N4O6. The molecule has 4 heterocycles. The van der Waals surface area contributed by atoms with Crippen molar-refractivity contribution >= 4 is 22.8 Å². The number of fused-ring (bicyclic) bond motifs is 5. The molecule has 3 atom stereocenters. The van der Waals surface area contributed by atoms with Gasteiger partial charge in [-0.15, -0.1) is 0 Å². The second kappa shape index (κ2) is 15.4. The normalized spacial score (nSPS) is 22.8. The van der Waals surface area contributed by atoms with E-state index in [1.807, 2.05) is 42.5 Å². The molecule has 3 fully saturated rings. The quantitative estimate of drug-likeness (QED) is 0.0895. The van der Waals surface area contributed by atoms with Crippen LogP contribution in [0.15, 0.2) is 77.6 Å². The number of aromatic hydroxyl groups is 1. The molecule has 1 amide bonds. The van der Waals surface area contributed by atoms with E-state index in [9.17, 15) is 24.6 Å². The number of nitrogens with one attached hydrogen (secondary N) is 3. The fraction of sp³-hybridized carbons (Fsp3) is 0.439. The number of nitrogens with zero attached hydrogens (tertiary/aromatic N) is 1. The van der Waals surface area contributed by atoms with Crippen LogP contribution in [0.5, 0.6) is 5.75 Å². The predicted octanol–water partition coefficient (Wildman–Crippen LogP) is 5.22. The van der Waals surface area contributed by atoms with Crippen molar-refractivity contribution in [3.05, 3.63) is 111 Å². The molecule has 51 heavy (non-hydrogen) atoms. The Kier molecular flexibility index (Phi) is 10.5. The average molecular weight is 693 g/mol. The summed E-state index contributed by atoms with van der Waals surface area (Å²) in [5.74, 6) is 0.0841. The molecule has 3 aromatic carbocycles. The number of carbonyl (C=O) groups is 2. The summed E-state index contributed by atoms with van der Waals surface area (Å²) in [5, 5.41) is 28.2. The Balaban J connectivity index is 0.888. The summed E-state index contributed by atoms with van der Waals surface area (Å²) in [4.78, 5) is 43.9. The van der Waals surface area contributed by atoms with Crippen molar-refractivity contribution in [2.75, 3.05) is 26.2 Å². The number of carbonyl (C=O) groups excluding carboxylic acids is 2. The molecule has 4 aromatic rings. The summed E-state index contributed by atoms with van der Waals surface area (Å²) in [6.45, 7) is 3.97. The summed E-state index contributed by atoms with van der Waals surface area (Å²) in [5.41, 5.74) is 3.45. The Hall–Kier alpha value is -4.51. The van der Waals surface area contributed by atoms with E-state index in [0.29, 0.717) is 53.9 Å². The van der Waals surface area contributed by atoms with Crippen molar-refractivity contribution in [1.82, 2.24) is 20.5 Å². The van der Waals surface area contributed by atoms with Crippen LogP contribution in [0.1, 0.15) is 90.1 Å². The van der Waals surface area contributed by atoms with E-state index >= 15 is 0 Å². The molecule has 0 spiro atoms. The highest BCUT2D eigenvalue weighted by molar-refractivity contribution is 5.94. The van der Waals surface area contributed by atoms with Gasteiger partial charge in [0, 0.05) is 36.7 Å². The fourth-order valence-corrected chi connectivity index (χ4v) is 8.26. The largest absolute Gasteiger partial charge is 0.506 e. The number of aryl methyl sites for hydroxylation is 1. The minimum Gasteiger partial charge on any atom is -0.506 e. The van der Waals surface area contributed by atoms with Gasteiger partial charge in [0.15, 0.2) is 0 Å². The first kappa shape index (κ1) is 34.9. The number of esters is 1.